The van der Waals surface area contributed by atoms with Crippen LogP contribution in [0.2, 0.25) is 0 Å². The molecule has 0 radical (unpaired) electrons. The van der Waals surface area contributed by atoms with Crippen LogP contribution in [-0.2, 0) is 4.79 Å². The summed E-state index contributed by atoms with van der Waals surface area (Å²) in [6.07, 6.45) is 3.18. The summed E-state index contributed by atoms with van der Waals surface area (Å²) in [7, 11) is 0. The fourth-order valence-electron chi connectivity index (χ4n) is 2.90. The van der Waals surface area contributed by atoms with Crippen LogP contribution in [0, 0.1) is 11.7 Å². The third kappa shape index (κ3) is 4.03. The number of rotatable bonds is 6. The Bertz CT molecular complexity index is 472. The fraction of sp³-hybridized carbons (Fsp3) is 0.588. The highest BCUT2D eigenvalue weighted by Crippen LogP contribution is 2.27. The highest BCUT2D eigenvalue weighted by molar-refractivity contribution is 5.81. The van der Waals surface area contributed by atoms with Gasteiger partial charge in [-0.2, -0.15) is 0 Å². The third-order valence-electron chi connectivity index (χ3n) is 4.08. The molecule has 1 saturated heterocycles. The van der Waals surface area contributed by atoms with Crippen molar-refractivity contribution in [2.24, 2.45) is 5.92 Å². The Hall–Kier alpha value is -1.42. The largest absolute Gasteiger partial charge is 0.319 e. The van der Waals surface area contributed by atoms with Gasteiger partial charge in [0.2, 0.25) is 5.91 Å². The minimum atomic E-state index is -0.250. The SMILES string of the molecule is CC(C)CCCC(C)N1C(=O)CNC1c1ccc(F)cc1. The van der Waals surface area contributed by atoms with Gasteiger partial charge in [-0.1, -0.05) is 38.8 Å². The second kappa shape index (κ2) is 7.03. The summed E-state index contributed by atoms with van der Waals surface area (Å²) in [5.41, 5.74) is 0.943. The summed E-state index contributed by atoms with van der Waals surface area (Å²) >= 11 is 0. The molecule has 0 aromatic heterocycles. The molecule has 1 aliphatic heterocycles. The van der Waals surface area contributed by atoms with Gasteiger partial charge in [-0.3, -0.25) is 10.1 Å². The highest BCUT2D eigenvalue weighted by Gasteiger charge is 2.34. The van der Waals surface area contributed by atoms with Crippen molar-refractivity contribution in [1.82, 2.24) is 10.2 Å². The maximum atomic E-state index is 13.0. The van der Waals surface area contributed by atoms with Gasteiger partial charge in [-0.05, 0) is 37.0 Å². The van der Waals surface area contributed by atoms with Gasteiger partial charge in [0.25, 0.3) is 0 Å². The van der Waals surface area contributed by atoms with Gasteiger partial charge in [0.1, 0.15) is 12.0 Å². The van der Waals surface area contributed by atoms with Crippen molar-refractivity contribution in [2.75, 3.05) is 6.54 Å². The monoisotopic (exact) mass is 292 g/mol. The minimum absolute atomic E-state index is 0.126. The minimum Gasteiger partial charge on any atom is -0.319 e. The fourth-order valence-corrected chi connectivity index (χ4v) is 2.90. The average Bonchev–Trinajstić information content (AvgIpc) is 2.81. The van der Waals surface area contributed by atoms with E-state index in [1.165, 1.54) is 18.6 Å². The van der Waals surface area contributed by atoms with Crippen molar-refractivity contribution in [3.63, 3.8) is 0 Å². The number of nitrogens with one attached hydrogen (secondary N) is 1. The zero-order valence-electron chi connectivity index (χ0n) is 13.1. The molecule has 116 valence electrons. The van der Waals surface area contributed by atoms with Gasteiger partial charge in [0.15, 0.2) is 0 Å². The molecular formula is C17H25FN2O. The molecule has 1 N–H and O–H groups in total. The zero-order chi connectivity index (χ0) is 15.4. The van der Waals surface area contributed by atoms with Gasteiger partial charge in [0, 0.05) is 6.04 Å². The molecule has 1 amide bonds. The van der Waals surface area contributed by atoms with Gasteiger partial charge >= 0.3 is 0 Å². The molecular weight excluding hydrogens is 267 g/mol. The molecule has 0 aliphatic carbocycles. The maximum absolute atomic E-state index is 13.0. The number of hydrogen-bond acceptors (Lipinski definition) is 2. The number of nitrogens with zero attached hydrogens (tertiary/aromatic N) is 1. The topological polar surface area (TPSA) is 32.3 Å². The van der Waals surface area contributed by atoms with Crippen LogP contribution in [0.4, 0.5) is 4.39 Å². The Balaban J connectivity index is 2.04. The van der Waals surface area contributed by atoms with Crippen molar-refractivity contribution < 1.29 is 9.18 Å². The summed E-state index contributed by atoms with van der Waals surface area (Å²) < 4.78 is 13.0. The molecule has 3 nitrogen and oxygen atoms in total. The van der Waals surface area contributed by atoms with E-state index >= 15 is 0 Å². The number of amides is 1. The van der Waals surface area contributed by atoms with E-state index in [4.69, 9.17) is 0 Å². The first kappa shape index (κ1) is 16.0. The van der Waals surface area contributed by atoms with Crippen molar-refractivity contribution >= 4 is 5.91 Å². The van der Waals surface area contributed by atoms with E-state index < -0.39 is 0 Å². The summed E-state index contributed by atoms with van der Waals surface area (Å²) in [5, 5.41) is 3.23. The number of benzene rings is 1. The number of halogens is 1. The lowest BCUT2D eigenvalue weighted by atomic mass is 10.0. The molecule has 0 bridgehead atoms. The molecule has 1 aliphatic rings. The number of carbonyl (C=O) groups is 1. The summed E-state index contributed by atoms with van der Waals surface area (Å²) in [4.78, 5) is 14.1. The van der Waals surface area contributed by atoms with E-state index in [0.717, 1.165) is 18.4 Å². The van der Waals surface area contributed by atoms with Crippen molar-refractivity contribution in [2.45, 2.75) is 52.2 Å². The predicted octanol–water partition coefficient (Wildman–Crippen LogP) is 3.47. The first-order valence-electron chi connectivity index (χ1n) is 7.79. The normalized spacial score (nSPS) is 20.3. The average molecular weight is 292 g/mol. The van der Waals surface area contributed by atoms with Crippen molar-refractivity contribution in [1.29, 1.82) is 0 Å². The van der Waals surface area contributed by atoms with Crippen molar-refractivity contribution in [3.05, 3.63) is 35.6 Å². The second-order valence-electron chi connectivity index (χ2n) is 6.31. The predicted molar refractivity (Wildman–Crippen MR) is 82.1 cm³/mol. The van der Waals surface area contributed by atoms with Crippen LogP contribution < -0.4 is 5.32 Å². The zero-order valence-corrected chi connectivity index (χ0v) is 13.1. The molecule has 2 rings (SSSR count). The van der Waals surface area contributed by atoms with Crippen LogP contribution >= 0.6 is 0 Å². The smallest absolute Gasteiger partial charge is 0.238 e. The Morgan fingerprint density at radius 1 is 1.24 bits per heavy atom. The second-order valence-corrected chi connectivity index (χ2v) is 6.31. The van der Waals surface area contributed by atoms with Gasteiger partial charge in [-0.25, -0.2) is 4.39 Å². The summed E-state index contributed by atoms with van der Waals surface area (Å²) in [6, 6.07) is 6.59. The van der Waals surface area contributed by atoms with E-state index in [-0.39, 0.29) is 23.9 Å². The quantitative estimate of drug-likeness (QED) is 0.870. The molecule has 1 aromatic rings. The molecule has 2 unspecified atom stereocenters. The lowest BCUT2D eigenvalue weighted by molar-refractivity contribution is -0.130. The number of hydrogen-bond donors (Lipinski definition) is 1. The molecule has 2 atom stereocenters. The lowest BCUT2D eigenvalue weighted by Crippen LogP contribution is -2.38. The van der Waals surface area contributed by atoms with E-state index in [9.17, 15) is 9.18 Å². The van der Waals surface area contributed by atoms with E-state index in [1.54, 1.807) is 12.1 Å². The molecule has 21 heavy (non-hydrogen) atoms. The van der Waals surface area contributed by atoms with Crippen LogP contribution in [0.3, 0.4) is 0 Å². The van der Waals surface area contributed by atoms with Gasteiger partial charge < -0.3 is 4.90 Å². The molecule has 1 aromatic carbocycles. The molecule has 0 spiro atoms. The highest BCUT2D eigenvalue weighted by atomic mass is 19.1. The molecule has 4 heteroatoms. The Morgan fingerprint density at radius 2 is 1.90 bits per heavy atom. The van der Waals surface area contributed by atoms with Gasteiger partial charge in [0.05, 0.1) is 6.54 Å². The van der Waals surface area contributed by atoms with Crippen molar-refractivity contribution in [3.8, 4) is 0 Å². The Morgan fingerprint density at radius 3 is 2.52 bits per heavy atom. The van der Waals surface area contributed by atoms with Crippen LogP contribution in [-0.4, -0.2) is 23.4 Å². The van der Waals surface area contributed by atoms with E-state index in [0.29, 0.717) is 12.5 Å². The maximum Gasteiger partial charge on any atom is 0.238 e. The van der Waals surface area contributed by atoms with Crippen LogP contribution in [0.15, 0.2) is 24.3 Å². The molecule has 0 saturated carbocycles. The Kier molecular flexibility index (Phi) is 5.34. The van der Waals surface area contributed by atoms with Crippen LogP contribution in [0.1, 0.15) is 51.8 Å². The van der Waals surface area contributed by atoms with Crippen LogP contribution in [0.5, 0.6) is 0 Å². The first-order valence-corrected chi connectivity index (χ1v) is 7.79. The third-order valence-corrected chi connectivity index (χ3v) is 4.08. The Labute approximate surface area is 126 Å². The van der Waals surface area contributed by atoms with E-state index in [1.807, 2.05) is 4.90 Å². The lowest BCUT2D eigenvalue weighted by Gasteiger charge is -2.31. The molecule has 1 fully saturated rings. The van der Waals surface area contributed by atoms with Crippen LogP contribution in [0.25, 0.3) is 0 Å². The van der Waals surface area contributed by atoms with E-state index in [2.05, 4.69) is 26.1 Å². The standard InChI is InChI=1S/C17H25FN2O/c1-12(2)5-4-6-13(3)20-16(21)11-19-17(20)14-7-9-15(18)10-8-14/h7-10,12-13,17,19H,4-6,11H2,1-3H3. The summed E-state index contributed by atoms with van der Waals surface area (Å²) in [6.45, 7) is 6.89. The van der Waals surface area contributed by atoms with Gasteiger partial charge in [-0.15, -0.1) is 0 Å². The summed E-state index contributed by atoms with van der Waals surface area (Å²) in [5.74, 6) is 0.568. The molecule has 1 heterocycles. The first-order chi connectivity index (χ1) is 9.99. The number of carbonyl (C=O) groups excluding carboxylic acids is 1.